The Bertz CT molecular complexity index is 320. The molecular weight excluding hydrogens is 184 g/mol. The fourth-order valence-electron chi connectivity index (χ4n) is 1.09. The van der Waals surface area contributed by atoms with E-state index in [0.29, 0.717) is 5.56 Å². The summed E-state index contributed by atoms with van der Waals surface area (Å²) in [5.41, 5.74) is 0.543. The number of aliphatic hydroxyl groups is 1. The fraction of sp³-hybridized carbons (Fsp3) is 0.556. The van der Waals surface area contributed by atoms with Crippen LogP contribution in [0, 0.1) is 0 Å². The first-order chi connectivity index (χ1) is 6.50. The van der Waals surface area contributed by atoms with Crippen molar-refractivity contribution in [3.8, 4) is 0 Å². The van der Waals surface area contributed by atoms with Crippen molar-refractivity contribution in [3.63, 3.8) is 0 Å². The van der Waals surface area contributed by atoms with Gasteiger partial charge in [0.2, 0.25) is 0 Å². The summed E-state index contributed by atoms with van der Waals surface area (Å²) in [5, 5.41) is 21.9. The van der Waals surface area contributed by atoms with Gasteiger partial charge in [-0.3, -0.25) is 9.48 Å². The minimum Gasteiger partial charge on any atom is -0.481 e. The molecule has 0 aromatic carbocycles. The van der Waals surface area contributed by atoms with Crippen molar-refractivity contribution >= 4 is 5.97 Å². The smallest absolute Gasteiger partial charge is 0.306 e. The van der Waals surface area contributed by atoms with Crippen LogP contribution >= 0.6 is 0 Å². The van der Waals surface area contributed by atoms with Crippen molar-refractivity contribution in [2.24, 2.45) is 0 Å². The van der Waals surface area contributed by atoms with E-state index in [1.807, 2.05) is 13.8 Å². The third kappa shape index (κ3) is 2.56. The minimum atomic E-state index is -1.02. The average molecular weight is 198 g/mol. The van der Waals surface area contributed by atoms with Gasteiger partial charge >= 0.3 is 5.97 Å². The molecule has 1 rings (SSSR count). The van der Waals surface area contributed by atoms with Crippen LogP contribution < -0.4 is 0 Å². The number of carbonyl (C=O) groups is 1. The molecule has 0 aliphatic carbocycles. The number of aromatic nitrogens is 2. The van der Waals surface area contributed by atoms with Gasteiger partial charge in [-0.1, -0.05) is 0 Å². The molecule has 0 saturated carbocycles. The second kappa shape index (κ2) is 4.23. The Morgan fingerprint density at radius 2 is 2.29 bits per heavy atom. The van der Waals surface area contributed by atoms with Crippen LogP contribution in [-0.4, -0.2) is 26.0 Å². The van der Waals surface area contributed by atoms with Crippen LogP contribution in [0.2, 0.25) is 0 Å². The van der Waals surface area contributed by atoms with Gasteiger partial charge in [0, 0.05) is 17.8 Å². The first-order valence-corrected chi connectivity index (χ1v) is 4.44. The highest BCUT2D eigenvalue weighted by Gasteiger charge is 2.14. The molecule has 1 atom stereocenters. The lowest BCUT2D eigenvalue weighted by Gasteiger charge is -2.05. The molecule has 5 heteroatoms. The quantitative estimate of drug-likeness (QED) is 0.756. The van der Waals surface area contributed by atoms with E-state index in [0.717, 1.165) is 0 Å². The third-order valence-electron chi connectivity index (χ3n) is 1.90. The molecule has 0 aliphatic rings. The third-order valence-corrected chi connectivity index (χ3v) is 1.90. The van der Waals surface area contributed by atoms with Crippen LogP contribution in [0.3, 0.4) is 0 Å². The van der Waals surface area contributed by atoms with Gasteiger partial charge in [0.15, 0.2) is 0 Å². The van der Waals surface area contributed by atoms with Gasteiger partial charge in [-0.25, -0.2) is 0 Å². The highest BCUT2D eigenvalue weighted by Crippen LogP contribution is 2.16. The van der Waals surface area contributed by atoms with E-state index in [4.69, 9.17) is 5.11 Å². The normalized spacial score (nSPS) is 13.1. The summed E-state index contributed by atoms with van der Waals surface area (Å²) in [6.45, 7) is 3.92. The number of aliphatic carboxylic acids is 1. The first kappa shape index (κ1) is 10.7. The molecule has 0 spiro atoms. The molecule has 0 amide bonds. The summed E-state index contributed by atoms with van der Waals surface area (Å²) in [4.78, 5) is 10.3. The Hall–Kier alpha value is -1.36. The van der Waals surface area contributed by atoms with Gasteiger partial charge in [-0.15, -0.1) is 0 Å². The second-order valence-electron chi connectivity index (χ2n) is 3.46. The van der Waals surface area contributed by atoms with Gasteiger partial charge in [-0.2, -0.15) is 5.10 Å². The van der Waals surface area contributed by atoms with Crippen LogP contribution in [0.15, 0.2) is 12.4 Å². The summed E-state index contributed by atoms with van der Waals surface area (Å²) in [5.74, 6) is -1.02. The van der Waals surface area contributed by atoms with E-state index in [1.54, 1.807) is 10.9 Å². The number of carboxylic acids is 1. The topological polar surface area (TPSA) is 75.4 Å². The maximum atomic E-state index is 10.3. The SMILES string of the molecule is CC(C)n1cc(C(O)CC(=O)O)cn1. The monoisotopic (exact) mass is 198 g/mol. The van der Waals surface area contributed by atoms with E-state index in [2.05, 4.69) is 5.10 Å². The Kier molecular flexibility index (Phi) is 3.24. The van der Waals surface area contributed by atoms with Gasteiger partial charge < -0.3 is 10.2 Å². The van der Waals surface area contributed by atoms with Crippen molar-refractivity contribution in [3.05, 3.63) is 18.0 Å². The summed E-state index contributed by atoms with van der Waals surface area (Å²) in [6, 6.07) is 0.209. The lowest BCUT2D eigenvalue weighted by Crippen LogP contribution is -2.05. The minimum absolute atomic E-state index is 0.209. The van der Waals surface area contributed by atoms with Crippen molar-refractivity contribution in [2.45, 2.75) is 32.4 Å². The zero-order valence-corrected chi connectivity index (χ0v) is 8.21. The molecule has 5 nitrogen and oxygen atoms in total. The molecule has 0 radical (unpaired) electrons. The predicted molar refractivity (Wildman–Crippen MR) is 49.8 cm³/mol. The fourth-order valence-corrected chi connectivity index (χ4v) is 1.09. The molecule has 1 heterocycles. The molecule has 2 N–H and O–H groups in total. The van der Waals surface area contributed by atoms with Crippen molar-refractivity contribution in [1.82, 2.24) is 9.78 Å². The molecular formula is C9H14N2O3. The number of rotatable bonds is 4. The summed E-state index contributed by atoms with van der Waals surface area (Å²) >= 11 is 0. The largest absolute Gasteiger partial charge is 0.481 e. The van der Waals surface area contributed by atoms with Crippen molar-refractivity contribution < 1.29 is 15.0 Å². The van der Waals surface area contributed by atoms with Gasteiger partial charge in [-0.05, 0) is 13.8 Å². The van der Waals surface area contributed by atoms with E-state index < -0.39 is 12.1 Å². The van der Waals surface area contributed by atoms with Gasteiger partial charge in [0.1, 0.15) is 0 Å². The maximum Gasteiger partial charge on any atom is 0.306 e. The second-order valence-corrected chi connectivity index (χ2v) is 3.46. The lowest BCUT2D eigenvalue weighted by atomic mass is 10.1. The number of nitrogens with zero attached hydrogens (tertiary/aromatic N) is 2. The Balaban J connectivity index is 2.71. The molecule has 0 saturated heterocycles. The van der Waals surface area contributed by atoms with Crippen LogP contribution in [-0.2, 0) is 4.79 Å². The lowest BCUT2D eigenvalue weighted by molar-refractivity contribution is -0.139. The molecule has 1 aromatic heterocycles. The number of aliphatic hydroxyl groups excluding tert-OH is 1. The van der Waals surface area contributed by atoms with Crippen molar-refractivity contribution in [2.75, 3.05) is 0 Å². The molecule has 0 bridgehead atoms. The first-order valence-electron chi connectivity index (χ1n) is 4.44. The number of hydrogen-bond donors (Lipinski definition) is 2. The molecule has 14 heavy (non-hydrogen) atoms. The zero-order valence-electron chi connectivity index (χ0n) is 8.21. The van der Waals surface area contributed by atoms with Gasteiger partial charge in [0.25, 0.3) is 0 Å². The summed E-state index contributed by atoms with van der Waals surface area (Å²) in [7, 11) is 0. The highest BCUT2D eigenvalue weighted by molar-refractivity contribution is 5.67. The Morgan fingerprint density at radius 3 is 2.71 bits per heavy atom. The Morgan fingerprint density at radius 1 is 1.64 bits per heavy atom. The molecule has 78 valence electrons. The highest BCUT2D eigenvalue weighted by atomic mass is 16.4. The van der Waals surface area contributed by atoms with Crippen LogP contribution in [0.4, 0.5) is 0 Å². The predicted octanol–water partition coefficient (Wildman–Crippen LogP) is 0.972. The van der Waals surface area contributed by atoms with E-state index >= 15 is 0 Å². The zero-order chi connectivity index (χ0) is 10.7. The van der Waals surface area contributed by atoms with Crippen molar-refractivity contribution in [1.29, 1.82) is 0 Å². The van der Waals surface area contributed by atoms with Gasteiger partial charge in [0.05, 0.1) is 18.7 Å². The van der Waals surface area contributed by atoms with E-state index in [1.165, 1.54) is 6.20 Å². The molecule has 0 fully saturated rings. The molecule has 0 aliphatic heterocycles. The number of hydrogen-bond acceptors (Lipinski definition) is 3. The van der Waals surface area contributed by atoms with Crippen LogP contribution in [0.25, 0.3) is 0 Å². The average Bonchev–Trinajstić information content (AvgIpc) is 2.50. The summed E-state index contributed by atoms with van der Waals surface area (Å²) in [6.07, 6.45) is 1.90. The molecule has 1 unspecified atom stereocenters. The van der Waals surface area contributed by atoms with Crippen LogP contribution in [0.5, 0.6) is 0 Å². The maximum absolute atomic E-state index is 10.3. The van der Waals surface area contributed by atoms with E-state index in [9.17, 15) is 9.90 Å². The number of carboxylic acid groups (broad SMARTS) is 1. The summed E-state index contributed by atoms with van der Waals surface area (Å²) < 4.78 is 1.68. The van der Waals surface area contributed by atoms with E-state index in [-0.39, 0.29) is 12.5 Å². The molecule has 1 aromatic rings. The Labute approximate surface area is 82.0 Å². The van der Waals surface area contributed by atoms with Crippen LogP contribution in [0.1, 0.15) is 38.0 Å². The standard InChI is InChI=1S/C9H14N2O3/c1-6(2)11-5-7(4-10-11)8(12)3-9(13)14/h4-6,8,12H,3H2,1-2H3,(H,13,14).